The van der Waals surface area contributed by atoms with E-state index in [1.807, 2.05) is 49.4 Å². The number of pyridine rings is 1. The van der Waals surface area contributed by atoms with E-state index in [0.717, 1.165) is 24.1 Å². The van der Waals surface area contributed by atoms with Crippen LogP contribution in [-0.2, 0) is 4.79 Å². The lowest BCUT2D eigenvalue weighted by atomic mass is 9.96. The van der Waals surface area contributed by atoms with E-state index < -0.39 is 0 Å². The van der Waals surface area contributed by atoms with Crippen LogP contribution in [0.4, 0.5) is 5.69 Å². The SMILES string of the molecule is Cc1ccc(NC(=O)C2CCCN(C(=O)c3cc(-c4ccccn4)n[nH]3)C2)cc1. The molecule has 29 heavy (non-hydrogen) atoms. The fraction of sp³-hybridized carbons (Fsp3) is 0.273. The quantitative estimate of drug-likeness (QED) is 0.716. The zero-order valence-electron chi connectivity index (χ0n) is 16.3. The van der Waals surface area contributed by atoms with Crippen molar-refractivity contribution in [3.8, 4) is 11.4 Å². The number of nitrogens with zero attached hydrogens (tertiary/aromatic N) is 3. The molecular formula is C22H23N5O2. The van der Waals surface area contributed by atoms with Crippen LogP contribution in [0.2, 0.25) is 0 Å². The van der Waals surface area contributed by atoms with Crippen LogP contribution in [0.5, 0.6) is 0 Å². The van der Waals surface area contributed by atoms with Gasteiger partial charge in [0.25, 0.3) is 5.91 Å². The summed E-state index contributed by atoms with van der Waals surface area (Å²) >= 11 is 0. The summed E-state index contributed by atoms with van der Waals surface area (Å²) in [7, 11) is 0. The summed E-state index contributed by atoms with van der Waals surface area (Å²) in [5, 5.41) is 9.97. The Hall–Kier alpha value is -3.48. The molecule has 3 aromatic rings. The molecule has 1 aliphatic heterocycles. The van der Waals surface area contributed by atoms with Gasteiger partial charge >= 0.3 is 0 Å². The third kappa shape index (κ3) is 4.34. The second-order valence-corrected chi connectivity index (χ2v) is 7.33. The normalized spacial score (nSPS) is 16.4. The topological polar surface area (TPSA) is 91.0 Å². The van der Waals surface area contributed by atoms with E-state index >= 15 is 0 Å². The molecule has 1 atom stereocenters. The first-order chi connectivity index (χ1) is 14.1. The average molecular weight is 389 g/mol. The van der Waals surface area contributed by atoms with Crippen LogP contribution in [0.15, 0.2) is 54.7 Å². The van der Waals surface area contributed by atoms with Gasteiger partial charge in [0.05, 0.1) is 11.6 Å². The minimum atomic E-state index is -0.229. The predicted octanol–water partition coefficient (Wildman–Crippen LogP) is 3.27. The van der Waals surface area contributed by atoms with E-state index in [-0.39, 0.29) is 17.7 Å². The van der Waals surface area contributed by atoms with Gasteiger partial charge in [0, 0.05) is 25.0 Å². The van der Waals surface area contributed by atoms with Gasteiger partial charge < -0.3 is 10.2 Å². The number of aryl methyl sites for hydroxylation is 1. The van der Waals surface area contributed by atoms with Gasteiger partial charge in [0.2, 0.25) is 5.91 Å². The Morgan fingerprint density at radius 2 is 1.97 bits per heavy atom. The standard InChI is InChI=1S/C22H23N5O2/c1-15-7-9-17(10-8-15)24-21(28)16-5-4-12-27(14-16)22(29)20-13-19(25-26-20)18-6-2-3-11-23-18/h2-3,6-11,13,16H,4-5,12,14H2,1H3,(H,24,28)(H,25,26). The maximum absolute atomic E-state index is 12.9. The highest BCUT2D eigenvalue weighted by molar-refractivity contribution is 5.95. The third-order valence-corrected chi connectivity index (χ3v) is 5.13. The average Bonchev–Trinajstić information content (AvgIpc) is 3.26. The summed E-state index contributed by atoms with van der Waals surface area (Å²) in [6, 6.07) is 15.0. The monoisotopic (exact) mass is 389 g/mol. The minimum Gasteiger partial charge on any atom is -0.337 e. The van der Waals surface area contributed by atoms with Crippen molar-refractivity contribution in [2.45, 2.75) is 19.8 Å². The molecule has 0 radical (unpaired) electrons. The Morgan fingerprint density at radius 1 is 1.14 bits per heavy atom. The molecule has 148 valence electrons. The zero-order valence-corrected chi connectivity index (χ0v) is 16.3. The smallest absolute Gasteiger partial charge is 0.271 e. The van der Waals surface area contributed by atoms with Crippen LogP contribution >= 0.6 is 0 Å². The van der Waals surface area contributed by atoms with Gasteiger partial charge in [-0.05, 0) is 50.1 Å². The minimum absolute atomic E-state index is 0.0508. The molecule has 1 fully saturated rings. The first-order valence-corrected chi connectivity index (χ1v) is 9.74. The molecule has 7 heteroatoms. The van der Waals surface area contributed by atoms with Crippen molar-refractivity contribution in [3.05, 3.63) is 66.0 Å². The van der Waals surface area contributed by atoms with Crippen molar-refractivity contribution in [2.24, 2.45) is 5.92 Å². The van der Waals surface area contributed by atoms with Crippen molar-refractivity contribution in [1.82, 2.24) is 20.1 Å². The number of piperidine rings is 1. The van der Waals surface area contributed by atoms with Gasteiger partial charge in [-0.3, -0.25) is 19.7 Å². The first-order valence-electron chi connectivity index (χ1n) is 9.74. The number of benzene rings is 1. The van der Waals surface area contributed by atoms with Gasteiger partial charge in [0.15, 0.2) is 0 Å². The van der Waals surface area contributed by atoms with Gasteiger partial charge in [-0.25, -0.2) is 0 Å². The lowest BCUT2D eigenvalue weighted by Gasteiger charge is -2.31. The Labute approximate surface area is 169 Å². The second-order valence-electron chi connectivity index (χ2n) is 7.33. The number of H-pyrrole nitrogens is 1. The summed E-state index contributed by atoms with van der Waals surface area (Å²) in [6.07, 6.45) is 3.25. The van der Waals surface area contributed by atoms with Crippen molar-refractivity contribution >= 4 is 17.5 Å². The van der Waals surface area contributed by atoms with Crippen molar-refractivity contribution in [3.63, 3.8) is 0 Å². The molecule has 2 N–H and O–H groups in total. The number of carbonyl (C=O) groups is 2. The second kappa shape index (κ2) is 8.26. The zero-order chi connectivity index (χ0) is 20.2. The van der Waals surface area contributed by atoms with Crippen LogP contribution in [0.3, 0.4) is 0 Å². The fourth-order valence-corrected chi connectivity index (χ4v) is 3.50. The number of aromatic amines is 1. The Morgan fingerprint density at radius 3 is 2.72 bits per heavy atom. The van der Waals surface area contributed by atoms with E-state index in [1.165, 1.54) is 0 Å². The van der Waals surface area contributed by atoms with Crippen LogP contribution in [-0.4, -0.2) is 45.0 Å². The summed E-state index contributed by atoms with van der Waals surface area (Å²) in [5.74, 6) is -0.426. The highest BCUT2D eigenvalue weighted by Gasteiger charge is 2.29. The Kier molecular flexibility index (Phi) is 5.37. The van der Waals surface area contributed by atoms with Crippen molar-refractivity contribution in [2.75, 3.05) is 18.4 Å². The van der Waals surface area contributed by atoms with Gasteiger partial charge in [-0.15, -0.1) is 0 Å². The fourth-order valence-electron chi connectivity index (χ4n) is 3.50. The van der Waals surface area contributed by atoms with Crippen molar-refractivity contribution < 1.29 is 9.59 Å². The highest BCUT2D eigenvalue weighted by atomic mass is 16.2. The van der Waals surface area contributed by atoms with Crippen LogP contribution in [0.1, 0.15) is 28.9 Å². The van der Waals surface area contributed by atoms with E-state index in [4.69, 9.17) is 0 Å². The molecule has 1 aliphatic rings. The van der Waals surface area contributed by atoms with E-state index in [2.05, 4.69) is 20.5 Å². The highest BCUT2D eigenvalue weighted by Crippen LogP contribution is 2.22. The third-order valence-electron chi connectivity index (χ3n) is 5.13. The lowest BCUT2D eigenvalue weighted by molar-refractivity contribution is -0.121. The number of aromatic nitrogens is 3. The predicted molar refractivity (Wildman–Crippen MR) is 110 cm³/mol. The van der Waals surface area contributed by atoms with Crippen LogP contribution in [0, 0.1) is 12.8 Å². The summed E-state index contributed by atoms with van der Waals surface area (Å²) < 4.78 is 0. The Bertz CT molecular complexity index is 998. The molecular weight excluding hydrogens is 366 g/mol. The summed E-state index contributed by atoms with van der Waals surface area (Å²) in [4.78, 5) is 31.6. The van der Waals surface area contributed by atoms with E-state index in [0.29, 0.717) is 30.2 Å². The molecule has 0 spiro atoms. The van der Waals surface area contributed by atoms with Crippen LogP contribution < -0.4 is 5.32 Å². The van der Waals surface area contributed by atoms with Gasteiger partial charge in [-0.2, -0.15) is 5.10 Å². The molecule has 0 bridgehead atoms. The number of amides is 2. The maximum Gasteiger partial charge on any atom is 0.271 e. The molecule has 2 amide bonds. The molecule has 1 unspecified atom stereocenters. The molecule has 3 heterocycles. The number of anilines is 1. The molecule has 0 saturated carbocycles. The van der Waals surface area contributed by atoms with E-state index in [9.17, 15) is 9.59 Å². The molecule has 2 aromatic heterocycles. The van der Waals surface area contributed by atoms with Crippen molar-refractivity contribution in [1.29, 1.82) is 0 Å². The van der Waals surface area contributed by atoms with E-state index in [1.54, 1.807) is 17.2 Å². The Balaban J connectivity index is 1.41. The molecule has 0 aliphatic carbocycles. The van der Waals surface area contributed by atoms with Gasteiger partial charge in [0.1, 0.15) is 11.4 Å². The first kappa shape index (κ1) is 18.9. The number of carbonyl (C=O) groups excluding carboxylic acids is 2. The lowest BCUT2D eigenvalue weighted by Crippen LogP contribution is -2.43. The number of hydrogen-bond acceptors (Lipinski definition) is 4. The maximum atomic E-state index is 12.9. The molecule has 4 rings (SSSR count). The largest absolute Gasteiger partial charge is 0.337 e. The summed E-state index contributed by atoms with van der Waals surface area (Å²) in [6.45, 7) is 3.03. The van der Waals surface area contributed by atoms with Gasteiger partial charge in [-0.1, -0.05) is 23.8 Å². The number of hydrogen-bond donors (Lipinski definition) is 2. The number of likely N-dealkylation sites (tertiary alicyclic amines) is 1. The molecule has 7 nitrogen and oxygen atoms in total. The number of nitrogens with one attached hydrogen (secondary N) is 2. The molecule has 1 aromatic carbocycles. The van der Waals surface area contributed by atoms with Crippen LogP contribution in [0.25, 0.3) is 11.4 Å². The molecule has 1 saturated heterocycles. The number of rotatable bonds is 4. The summed E-state index contributed by atoms with van der Waals surface area (Å²) in [5.41, 5.74) is 3.65.